The van der Waals surface area contributed by atoms with Gasteiger partial charge in [0.1, 0.15) is 18.7 Å². The third-order valence-electron chi connectivity index (χ3n) is 6.59. The first-order valence-electron chi connectivity index (χ1n) is 12.5. The standard InChI is InChI=1S/C30H32N2O5/c1-36-29(34)26(18-10-15-22-11-4-2-5-12-22)31-28(33)27-19-24-16-8-9-17-25(24)20-32(27)30(35)37-21-23-13-6-3-7-14-23/h2-9,11-14,16-17,26-27H,10,15,18-21H2,1H3,(H,31,33)/t26-,27-/m0/s1. The highest BCUT2D eigenvalue weighted by atomic mass is 16.6. The van der Waals surface area contributed by atoms with Crippen LogP contribution >= 0.6 is 0 Å². The zero-order chi connectivity index (χ0) is 26.0. The van der Waals surface area contributed by atoms with Gasteiger partial charge in [-0.1, -0.05) is 84.9 Å². The van der Waals surface area contributed by atoms with Gasteiger partial charge in [0.2, 0.25) is 5.91 Å². The molecule has 2 amide bonds. The number of ether oxygens (including phenoxy) is 2. The first kappa shape index (κ1) is 25.9. The predicted molar refractivity (Wildman–Crippen MR) is 139 cm³/mol. The number of nitrogens with one attached hydrogen (secondary N) is 1. The monoisotopic (exact) mass is 500 g/mol. The van der Waals surface area contributed by atoms with E-state index in [9.17, 15) is 14.4 Å². The first-order chi connectivity index (χ1) is 18.0. The van der Waals surface area contributed by atoms with Crippen molar-refractivity contribution < 1.29 is 23.9 Å². The van der Waals surface area contributed by atoms with E-state index >= 15 is 0 Å². The number of benzene rings is 3. The summed E-state index contributed by atoms with van der Waals surface area (Å²) in [7, 11) is 1.31. The second kappa shape index (κ2) is 12.7. The molecule has 0 fully saturated rings. The van der Waals surface area contributed by atoms with Gasteiger partial charge in [0.25, 0.3) is 0 Å². The average Bonchev–Trinajstić information content (AvgIpc) is 2.95. The van der Waals surface area contributed by atoms with Gasteiger partial charge in [0, 0.05) is 6.42 Å². The SMILES string of the molecule is COC(=O)[C@H](CCCc1ccccc1)NC(=O)[C@@H]1Cc2ccccc2CN1C(=O)OCc1ccccc1. The summed E-state index contributed by atoms with van der Waals surface area (Å²) in [6, 6.07) is 25.5. The van der Waals surface area contributed by atoms with Gasteiger partial charge in [-0.2, -0.15) is 0 Å². The third kappa shape index (κ3) is 6.97. The Morgan fingerprint density at radius 3 is 2.19 bits per heavy atom. The van der Waals surface area contributed by atoms with Gasteiger partial charge in [-0.15, -0.1) is 0 Å². The predicted octanol–water partition coefficient (Wildman–Crippen LogP) is 4.43. The number of rotatable bonds is 9. The Balaban J connectivity index is 1.45. The molecule has 3 aromatic carbocycles. The summed E-state index contributed by atoms with van der Waals surface area (Å²) < 4.78 is 10.5. The number of carbonyl (C=O) groups is 3. The maximum Gasteiger partial charge on any atom is 0.411 e. The van der Waals surface area contributed by atoms with E-state index in [1.54, 1.807) is 0 Å². The summed E-state index contributed by atoms with van der Waals surface area (Å²) >= 11 is 0. The van der Waals surface area contributed by atoms with E-state index in [-0.39, 0.29) is 13.2 Å². The zero-order valence-corrected chi connectivity index (χ0v) is 21.0. The molecule has 0 saturated heterocycles. The Morgan fingerprint density at radius 2 is 1.51 bits per heavy atom. The minimum Gasteiger partial charge on any atom is -0.467 e. The van der Waals surface area contributed by atoms with E-state index in [1.165, 1.54) is 12.0 Å². The van der Waals surface area contributed by atoms with Crippen LogP contribution in [0.4, 0.5) is 4.79 Å². The number of fused-ring (bicyclic) bond motifs is 1. The summed E-state index contributed by atoms with van der Waals surface area (Å²) in [6.07, 6.45) is 1.66. The molecule has 0 aliphatic carbocycles. The summed E-state index contributed by atoms with van der Waals surface area (Å²) in [5.41, 5.74) is 3.98. The zero-order valence-electron chi connectivity index (χ0n) is 21.0. The van der Waals surface area contributed by atoms with Crippen LogP contribution in [0.2, 0.25) is 0 Å². The van der Waals surface area contributed by atoms with Crippen LogP contribution in [0.1, 0.15) is 35.1 Å². The lowest BCUT2D eigenvalue weighted by molar-refractivity contribution is -0.146. The summed E-state index contributed by atoms with van der Waals surface area (Å²) in [5.74, 6) is -0.905. The van der Waals surface area contributed by atoms with Gasteiger partial charge in [-0.05, 0) is 41.5 Å². The van der Waals surface area contributed by atoms with Crippen molar-refractivity contribution in [1.82, 2.24) is 10.2 Å². The van der Waals surface area contributed by atoms with Crippen LogP contribution in [-0.2, 0) is 45.1 Å². The van der Waals surface area contributed by atoms with E-state index in [1.807, 2.05) is 84.9 Å². The van der Waals surface area contributed by atoms with Crippen molar-refractivity contribution in [2.45, 2.75) is 50.9 Å². The number of methoxy groups -OCH3 is 1. The summed E-state index contributed by atoms with van der Waals surface area (Å²) in [4.78, 5) is 40.6. The Kier molecular flexibility index (Phi) is 8.92. The molecular weight excluding hydrogens is 468 g/mol. The van der Waals surface area contributed by atoms with E-state index < -0.39 is 30.1 Å². The second-order valence-electron chi connectivity index (χ2n) is 9.12. The number of carbonyl (C=O) groups excluding carboxylic acids is 3. The second-order valence-corrected chi connectivity index (χ2v) is 9.12. The molecule has 1 aliphatic rings. The average molecular weight is 501 g/mol. The van der Waals surface area contributed by atoms with Crippen LogP contribution < -0.4 is 5.32 Å². The Labute approximate surface area is 217 Å². The van der Waals surface area contributed by atoms with Crippen molar-refractivity contribution in [2.75, 3.05) is 7.11 Å². The normalized spacial score (nSPS) is 15.3. The lowest BCUT2D eigenvalue weighted by atomic mass is 9.93. The van der Waals surface area contributed by atoms with Crippen LogP contribution in [-0.4, -0.2) is 42.1 Å². The van der Waals surface area contributed by atoms with Crippen molar-refractivity contribution in [3.63, 3.8) is 0 Å². The highest BCUT2D eigenvalue weighted by Crippen LogP contribution is 2.25. The quantitative estimate of drug-likeness (QED) is 0.440. The molecular formula is C30H32N2O5. The van der Waals surface area contributed by atoms with Crippen molar-refractivity contribution in [1.29, 1.82) is 0 Å². The van der Waals surface area contributed by atoms with Crippen molar-refractivity contribution in [3.8, 4) is 0 Å². The van der Waals surface area contributed by atoms with Crippen molar-refractivity contribution >= 4 is 18.0 Å². The van der Waals surface area contributed by atoms with E-state index in [0.29, 0.717) is 19.3 Å². The molecule has 0 bridgehead atoms. The number of esters is 1. The Hall–Kier alpha value is -4.13. The Morgan fingerprint density at radius 1 is 0.892 bits per heavy atom. The third-order valence-corrected chi connectivity index (χ3v) is 6.59. The highest BCUT2D eigenvalue weighted by molar-refractivity contribution is 5.90. The fourth-order valence-corrected chi connectivity index (χ4v) is 4.57. The molecule has 0 spiro atoms. The molecule has 0 unspecified atom stereocenters. The van der Waals surface area contributed by atoms with Gasteiger partial charge in [-0.25, -0.2) is 9.59 Å². The largest absolute Gasteiger partial charge is 0.467 e. The molecule has 192 valence electrons. The molecule has 7 heteroatoms. The smallest absolute Gasteiger partial charge is 0.411 e. The fraction of sp³-hybridized carbons (Fsp3) is 0.300. The van der Waals surface area contributed by atoms with Crippen LogP contribution in [0.15, 0.2) is 84.9 Å². The van der Waals surface area contributed by atoms with E-state index in [4.69, 9.17) is 9.47 Å². The topological polar surface area (TPSA) is 84.9 Å². The first-order valence-corrected chi connectivity index (χ1v) is 12.5. The molecule has 2 atom stereocenters. The van der Waals surface area contributed by atoms with Crippen molar-refractivity contribution in [3.05, 3.63) is 107 Å². The van der Waals surface area contributed by atoms with Gasteiger partial charge in [0.15, 0.2) is 0 Å². The molecule has 7 nitrogen and oxygen atoms in total. The van der Waals surface area contributed by atoms with Crippen molar-refractivity contribution in [2.24, 2.45) is 0 Å². The number of nitrogens with zero attached hydrogens (tertiary/aromatic N) is 1. The van der Waals surface area contributed by atoms with Gasteiger partial charge in [-0.3, -0.25) is 9.69 Å². The summed E-state index contributed by atoms with van der Waals surface area (Å²) in [5, 5.41) is 2.85. The number of amides is 2. The molecule has 1 heterocycles. The molecule has 4 rings (SSSR count). The summed E-state index contributed by atoms with van der Waals surface area (Å²) in [6.45, 7) is 0.356. The number of hydrogen-bond donors (Lipinski definition) is 1. The molecule has 1 N–H and O–H groups in total. The van der Waals surface area contributed by atoms with E-state index in [2.05, 4.69) is 5.32 Å². The van der Waals surface area contributed by atoms with Crippen LogP contribution in [0.25, 0.3) is 0 Å². The molecule has 1 aliphatic heterocycles. The van der Waals surface area contributed by atoms with Gasteiger partial charge >= 0.3 is 12.1 Å². The van der Waals surface area contributed by atoms with Crippen LogP contribution in [0.5, 0.6) is 0 Å². The Bertz CT molecular complexity index is 1200. The molecule has 37 heavy (non-hydrogen) atoms. The minimum absolute atomic E-state index is 0.108. The van der Waals surface area contributed by atoms with Gasteiger partial charge in [0.05, 0.1) is 13.7 Å². The van der Waals surface area contributed by atoms with Crippen LogP contribution in [0.3, 0.4) is 0 Å². The minimum atomic E-state index is -0.806. The lowest BCUT2D eigenvalue weighted by Crippen LogP contribution is -2.55. The molecule has 0 radical (unpaired) electrons. The molecule has 0 saturated carbocycles. The number of hydrogen-bond acceptors (Lipinski definition) is 5. The molecule has 3 aromatic rings. The number of aryl methyl sites for hydroxylation is 1. The fourth-order valence-electron chi connectivity index (χ4n) is 4.57. The van der Waals surface area contributed by atoms with Gasteiger partial charge < -0.3 is 14.8 Å². The van der Waals surface area contributed by atoms with E-state index in [0.717, 1.165) is 28.7 Å². The highest BCUT2D eigenvalue weighted by Gasteiger charge is 2.37. The van der Waals surface area contributed by atoms with Crippen LogP contribution in [0, 0.1) is 0 Å². The molecule has 0 aromatic heterocycles. The maximum absolute atomic E-state index is 13.5. The lowest BCUT2D eigenvalue weighted by Gasteiger charge is -2.35. The maximum atomic E-state index is 13.5.